The summed E-state index contributed by atoms with van der Waals surface area (Å²) >= 11 is 1.77. The molecule has 20 heavy (non-hydrogen) atoms. The van der Waals surface area contributed by atoms with E-state index in [-0.39, 0.29) is 0 Å². The first-order chi connectivity index (χ1) is 9.26. The second-order valence-corrected chi connectivity index (χ2v) is 6.63. The zero-order valence-corrected chi connectivity index (χ0v) is 12.9. The van der Waals surface area contributed by atoms with Crippen molar-refractivity contribution in [3.8, 4) is 0 Å². The molecule has 0 fully saturated rings. The molecule has 2 atom stereocenters. The predicted molar refractivity (Wildman–Crippen MR) is 75.1 cm³/mol. The molecule has 2 heterocycles. The summed E-state index contributed by atoms with van der Waals surface area (Å²) in [6, 6.07) is 0. The maximum atomic E-state index is 11.6. The molecule has 1 aliphatic rings. The maximum Gasteiger partial charge on any atom is 0.351 e. The van der Waals surface area contributed by atoms with Crippen LogP contribution in [0.2, 0.25) is 0 Å². The fraction of sp³-hybridized carbons (Fsp3) is 0.333. The quantitative estimate of drug-likeness (QED) is 0.349. The molecule has 0 saturated carbocycles. The molecule has 0 unspecified atom stereocenters. The van der Waals surface area contributed by atoms with Crippen LogP contribution in [0.25, 0.3) is 0 Å². The van der Waals surface area contributed by atoms with E-state index in [1.807, 2.05) is 0 Å². The van der Waals surface area contributed by atoms with Gasteiger partial charge < -0.3 is 19.3 Å². The Labute approximate surface area is 125 Å². The third-order valence-corrected chi connectivity index (χ3v) is 3.57. The molecule has 9 nitrogen and oxygen atoms in total. The summed E-state index contributed by atoms with van der Waals surface area (Å²) in [5, 5.41) is 0. The Balaban J connectivity index is 2.09. The van der Waals surface area contributed by atoms with Gasteiger partial charge in [0.25, 0.3) is 5.56 Å². The van der Waals surface area contributed by atoms with Gasteiger partial charge in [-0.2, -0.15) is 0 Å². The summed E-state index contributed by atoms with van der Waals surface area (Å²) in [5.41, 5.74) is -1.15. The van der Waals surface area contributed by atoms with Crippen molar-refractivity contribution in [2.45, 2.75) is 12.5 Å². The SMILES string of the molecule is O=c1[nH]c(=O)n([C@H]2C=C[C@@H](OCP(=O)(O)O)O2)cc1I. The van der Waals surface area contributed by atoms with Crippen molar-refractivity contribution in [3.63, 3.8) is 0 Å². The van der Waals surface area contributed by atoms with Crippen LogP contribution in [0.5, 0.6) is 0 Å². The van der Waals surface area contributed by atoms with Crippen molar-refractivity contribution in [2.75, 3.05) is 6.35 Å². The summed E-state index contributed by atoms with van der Waals surface area (Å²) < 4.78 is 22.2. The Bertz CT molecular complexity index is 690. The van der Waals surface area contributed by atoms with E-state index < -0.39 is 37.7 Å². The standard InChI is InChI=1S/C9H10IN2O7P/c10-5-3-12(9(14)11-8(5)13)6-1-2-7(19-6)18-4-20(15,16)17/h1-3,6-7H,4H2,(H,11,13,14)(H2,15,16,17)/t6-,7+/m1/s1. The number of hydrogen-bond acceptors (Lipinski definition) is 5. The molecule has 110 valence electrons. The van der Waals surface area contributed by atoms with Crippen LogP contribution < -0.4 is 11.2 Å². The minimum Gasteiger partial charge on any atom is -0.336 e. The minimum absolute atomic E-state index is 0.304. The number of nitrogens with one attached hydrogen (secondary N) is 1. The molecule has 0 amide bonds. The summed E-state index contributed by atoms with van der Waals surface area (Å²) in [7, 11) is -4.29. The Morgan fingerprint density at radius 3 is 2.80 bits per heavy atom. The third-order valence-electron chi connectivity index (χ3n) is 2.31. The lowest BCUT2D eigenvalue weighted by Gasteiger charge is -2.16. The van der Waals surface area contributed by atoms with E-state index in [0.717, 1.165) is 4.57 Å². The van der Waals surface area contributed by atoms with Gasteiger partial charge in [-0.15, -0.1) is 0 Å². The van der Waals surface area contributed by atoms with Crippen LogP contribution in [0.4, 0.5) is 0 Å². The maximum absolute atomic E-state index is 11.6. The van der Waals surface area contributed by atoms with Crippen LogP contribution in [0.15, 0.2) is 27.9 Å². The summed E-state index contributed by atoms with van der Waals surface area (Å²) in [4.78, 5) is 42.4. The van der Waals surface area contributed by atoms with E-state index >= 15 is 0 Å². The van der Waals surface area contributed by atoms with Gasteiger partial charge in [0.15, 0.2) is 18.9 Å². The highest BCUT2D eigenvalue weighted by Gasteiger charge is 2.25. The lowest BCUT2D eigenvalue weighted by atomic mass is 10.5. The van der Waals surface area contributed by atoms with Crippen LogP contribution in [-0.2, 0) is 14.0 Å². The molecule has 0 aliphatic carbocycles. The summed E-state index contributed by atoms with van der Waals surface area (Å²) in [6.07, 6.45) is 1.67. The fourth-order valence-electron chi connectivity index (χ4n) is 1.49. The van der Waals surface area contributed by atoms with Crippen molar-refractivity contribution in [1.82, 2.24) is 9.55 Å². The van der Waals surface area contributed by atoms with Gasteiger partial charge >= 0.3 is 13.3 Å². The third kappa shape index (κ3) is 3.87. The number of rotatable bonds is 4. The topological polar surface area (TPSA) is 131 Å². The molecule has 1 aromatic rings. The molecule has 0 spiro atoms. The first-order valence-electron chi connectivity index (χ1n) is 5.27. The number of aromatic nitrogens is 2. The van der Waals surface area contributed by atoms with Gasteiger partial charge in [0.05, 0.1) is 3.57 Å². The van der Waals surface area contributed by atoms with Gasteiger partial charge in [-0.25, -0.2) is 4.79 Å². The molecule has 0 bridgehead atoms. The van der Waals surface area contributed by atoms with Gasteiger partial charge in [0.1, 0.15) is 0 Å². The van der Waals surface area contributed by atoms with Crippen LogP contribution in [0.1, 0.15) is 6.23 Å². The van der Waals surface area contributed by atoms with Crippen molar-refractivity contribution in [2.24, 2.45) is 0 Å². The Morgan fingerprint density at radius 1 is 1.45 bits per heavy atom. The van der Waals surface area contributed by atoms with Gasteiger partial charge in [-0.1, -0.05) is 0 Å². The number of halogens is 1. The molecule has 1 aliphatic heterocycles. The molecular weight excluding hydrogens is 406 g/mol. The highest BCUT2D eigenvalue weighted by atomic mass is 127. The molecule has 0 saturated heterocycles. The largest absolute Gasteiger partial charge is 0.351 e. The highest BCUT2D eigenvalue weighted by Crippen LogP contribution is 2.35. The Hall–Kier alpha value is -0.780. The first-order valence-corrected chi connectivity index (χ1v) is 8.15. The molecule has 3 N–H and O–H groups in total. The zero-order valence-electron chi connectivity index (χ0n) is 9.80. The number of nitrogens with zero attached hydrogens (tertiary/aromatic N) is 1. The van der Waals surface area contributed by atoms with Crippen LogP contribution in [0.3, 0.4) is 0 Å². The van der Waals surface area contributed by atoms with E-state index in [0.29, 0.717) is 3.57 Å². The van der Waals surface area contributed by atoms with E-state index in [2.05, 4.69) is 4.98 Å². The van der Waals surface area contributed by atoms with Crippen LogP contribution in [0, 0.1) is 3.57 Å². The highest BCUT2D eigenvalue weighted by molar-refractivity contribution is 14.1. The van der Waals surface area contributed by atoms with E-state index in [1.165, 1.54) is 18.3 Å². The molecular formula is C9H10IN2O7P. The van der Waals surface area contributed by atoms with Crippen LogP contribution >= 0.6 is 30.2 Å². The number of ether oxygens (including phenoxy) is 2. The lowest BCUT2D eigenvalue weighted by Crippen LogP contribution is -2.33. The number of hydrogen-bond donors (Lipinski definition) is 3. The first kappa shape index (κ1) is 15.6. The van der Waals surface area contributed by atoms with Crippen molar-refractivity contribution in [1.29, 1.82) is 0 Å². The zero-order chi connectivity index (χ0) is 14.9. The molecule has 0 radical (unpaired) electrons. The average molecular weight is 416 g/mol. The van der Waals surface area contributed by atoms with E-state index in [9.17, 15) is 14.2 Å². The smallest absolute Gasteiger partial charge is 0.336 e. The van der Waals surface area contributed by atoms with Gasteiger partial charge in [-0.3, -0.25) is 18.9 Å². The molecule has 2 rings (SSSR count). The van der Waals surface area contributed by atoms with Crippen LogP contribution in [-0.4, -0.2) is 32.0 Å². The normalized spacial score (nSPS) is 22.4. The van der Waals surface area contributed by atoms with Crippen molar-refractivity contribution in [3.05, 3.63) is 42.8 Å². The number of H-pyrrole nitrogens is 1. The van der Waals surface area contributed by atoms with Gasteiger partial charge in [-0.05, 0) is 34.7 Å². The van der Waals surface area contributed by atoms with Gasteiger partial charge in [0.2, 0.25) is 0 Å². The lowest BCUT2D eigenvalue weighted by molar-refractivity contribution is -0.127. The molecule has 11 heteroatoms. The van der Waals surface area contributed by atoms with Gasteiger partial charge in [0, 0.05) is 6.20 Å². The second kappa shape index (κ2) is 5.92. The van der Waals surface area contributed by atoms with E-state index in [1.54, 1.807) is 22.6 Å². The van der Waals surface area contributed by atoms with E-state index in [4.69, 9.17) is 19.3 Å². The molecule has 1 aromatic heterocycles. The molecule has 0 aromatic carbocycles. The second-order valence-electron chi connectivity index (χ2n) is 3.88. The average Bonchev–Trinajstić information content (AvgIpc) is 2.79. The summed E-state index contributed by atoms with van der Waals surface area (Å²) in [6.45, 7) is 0. The van der Waals surface area contributed by atoms with Crippen molar-refractivity contribution >= 4 is 30.2 Å². The minimum atomic E-state index is -4.29. The van der Waals surface area contributed by atoms with Crippen molar-refractivity contribution < 1.29 is 23.8 Å². The summed E-state index contributed by atoms with van der Waals surface area (Å²) in [5.74, 6) is 0. The fourth-order valence-corrected chi connectivity index (χ4v) is 2.26. The Morgan fingerprint density at radius 2 is 2.15 bits per heavy atom. The Kier molecular flexibility index (Phi) is 4.62. The number of aromatic amines is 1. The monoisotopic (exact) mass is 416 g/mol. The predicted octanol–water partition coefficient (Wildman–Crippen LogP) is -0.296.